The van der Waals surface area contributed by atoms with Crippen molar-refractivity contribution in [1.29, 1.82) is 0 Å². The van der Waals surface area contributed by atoms with E-state index in [4.69, 9.17) is 14.4 Å². The average Bonchev–Trinajstić information content (AvgIpc) is 2.89. The van der Waals surface area contributed by atoms with Crippen LogP contribution in [0.15, 0.2) is 4.52 Å². The van der Waals surface area contributed by atoms with E-state index in [0.29, 0.717) is 18.6 Å². The van der Waals surface area contributed by atoms with Crippen molar-refractivity contribution in [3.63, 3.8) is 0 Å². The lowest BCUT2D eigenvalue weighted by atomic mass is 10.1. The van der Waals surface area contributed by atoms with Gasteiger partial charge in [0.2, 0.25) is 5.89 Å². The SMILES string of the molecule is CCCc1noc(CN2CCC(OCCCO)CC2)n1. The molecule has 0 aromatic carbocycles. The average molecular weight is 283 g/mol. The Hall–Kier alpha value is -0.980. The second-order valence-electron chi connectivity index (χ2n) is 5.28. The Labute approximate surface area is 120 Å². The van der Waals surface area contributed by atoms with Gasteiger partial charge in [-0.3, -0.25) is 4.90 Å². The fraction of sp³-hybridized carbons (Fsp3) is 0.857. The molecule has 0 bridgehead atoms. The molecule has 2 rings (SSSR count). The van der Waals surface area contributed by atoms with Gasteiger partial charge in [-0.1, -0.05) is 12.1 Å². The summed E-state index contributed by atoms with van der Waals surface area (Å²) in [6.45, 7) is 5.70. The number of piperidine rings is 1. The molecule has 1 aromatic heterocycles. The zero-order valence-corrected chi connectivity index (χ0v) is 12.3. The van der Waals surface area contributed by atoms with Crippen molar-refractivity contribution in [3.8, 4) is 0 Å². The van der Waals surface area contributed by atoms with Gasteiger partial charge in [-0.15, -0.1) is 0 Å². The number of likely N-dealkylation sites (tertiary alicyclic amines) is 1. The zero-order chi connectivity index (χ0) is 14.2. The molecule has 0 radical (unpaired) electrons. The van der Waals surface area contributed by atoms with Gasteiger partial charge in [-0.2, -0.15) is 4.98 Å². The van der Waals surface area contributed by atoms with Gasteiger partial charge in [0.25, 0.3) is 0 Å². The smallest absolute Gasteiger partial charge is 0.240 e. The van der Waals surface area contributed by atoms with E-state index in [1.165, 1.54) is 0 Å². The Bertz CT molecular complexity index is 375. The second kappa shape index (κ2) is 8.34. The van der Waals surface area contributed by atoms with Crippen LogP contribution in [0, 0.1) is 0 Å². The van der Waals surface area contributed by atoms with E-state index in [-0.39, 0.29) is 6.61 Å². The molecule has 0 atom stereocenters. The molecule has 1 saturated heterocycles. The number of aliphatic hydroxyl groups excluding tert-OH is 1. The van der Waals surface area contributed by atoms with E-state index >= 15 is 0 Å². The fourth-order valence-electron chi connectivity index (χ4n) is 2.42. The number of rotatable bonds is 8. The van der Waals surface area contributed by atoms with Gasteiger partial charge in [0.1, 0.15) is 0 Å². The number of nitrogens with zero attached hydrogens (tertiary/aromatic N) is 3. The molecular formula is C14H25N3O3. The van der Waals surface area contributed by atoms with Crippen LogP contribution in [0.5, 0.6) is 0 Å². The first kappa shape index (κ1) is 15.4. The standard InChI is InChI=1S/C14H25N3O3/c1-2-4-13-15-14(20-16-13)11-17-7-5-12(6-8-17)19-10-3-9-18/h12,18H,2-11H2,1H3. The Balaban J connectivity index is 1.68. The monoisotopic (exact) mass is 283 g/mol. The van der Waals surface area contributed by atoms with Gasteiger partial charge in [-0.25, -0.2) is 0 Å². The maximum Gasteiger partial charge on any atom is 0.240 e. The molecule has 0 spiro atoms. The number of ether oxygens (including phenoxy) is 1. The largest absolute Gasteiger partial charge is 0.396 e. The first-order chi connectivity index (χ1) is 9.81. The topological polar surface area (TPSA) is 71.6 Å². The predicted octanol–water partition coefficient (Wildman–Crippen LogP) is 1.39. The number of aromatic nitrogens is 2. The first-order valence-electron chi connectivity index (χ1n) is 7.58. The highest BCUT2D eigenvalue weighted by Gasteiger charge is 2.21. The van der Waals surface area contributed by atoms with Crippen LogP contribution in [0.3, 0.4) is 0 Å². The Morgan fingerprint density at radius 1 is 1.40 bits per heavy atom. The fourth-order valence-corrected chi connectivity index (χ4v) is 2.42. The molecule has 1 fully saturated rings. The third-order valence-electron chi connectivity index (χ3n) is 3.53. The van der Waals surface area contributed by atoms with Crippen molar-refractivity contribution in [2.75, 3.05) is 26.3 Å². The quantitative estimate of drug-likeness (QED) is 0.727. The van der Waals surface area contributed by atoms with Crippen molar-refractivity contribution < 1.29 is 14.4 Å². The summed E-state index contributed by atoms with van der Waals surface area (Å²) in [6.07, 6.45) is 5.03. The third-order valence-corrected chi connectivity index (χ3v) is 3.53. The third kappa shape index (κ3) is 4.85. The summed E-state index contributed by atoms with van der Waals surface area (Å²) in [5.41, 5.74) is 0. The number of aryl methyl sites for hydroxylation is 1. The zero-order valence-electron chi connectivity index (χ0n) is 12.3. The highest BCUT2D eigenvalue weighted by Crippen LogP contribution is 2.16. The maximum atomic E-state index is 8.73. The number of hydrogen-bond donors (Lipinski definition) is 1. The van der Waals surface area contributed by atoms with E-state index in [1.807, 2.05) is 0 Å². The van der Waals surface area contributed by atoms with E-state index in [1.54, 1.807) is 0 Å². The summed E-state index contributed by atoms with van der Waals surface area (Å²) >= 11 is 0. The van der Waals surface area contributed by atoms with Gasteiger partial charge >= 0.3 is 0 Å². The molecule has 6 nitrogen and oxygen atoms in total. The molecule has 0 unspecified atom stereocenters. The minimum Gasteiger partial charge on any atom is -0.396 e. The van der Waals surface area contributed by atoms with E-state index in [2.05, 4.69) is 22.0 Å². The Morgan fingerprint density at radius 2 is 2.20 bits per heavy atom. The molecule has 1 aromatic rings. The number of aliphatic hydroxyl groups is 1. The van der Waals surface area contributed by atoms with E-state index in [0.717, 1.165) is 57.6 Å². The van der Waals surface area contributed by atoms with Gasteiger partial charge < -0.3 is 14.4 Å². The normalized spacial score (nSPS) is 17.7. The molecule has 114 valence electrons. The molecule has 0 amide bonds. The van der Waals surface area contributed by atoms with Crippen LogP contribution in [-0.2, 0) is 17.7 Å². The van der Waals surface area contributed by atoms with Gasteiger partial charge in [0.05, 0.1) is 12.6 Å². The van der Waals surface area contributed by atoms with Gasteiger partial charge in [-0.05, 0) is 25.7 Å². The van der Waals surface area contributed by atoms with Crippen LogP contribution in [0.4, 0.5) is 0 Å². The molecular weight excluding hydrogens is 258 g/mol. The summed E-state index contributed by atoms with van der Waals surface area (Å²) < 4.78 is 11.0. The number of hydrogen-bond acceptors (Lipinski definition) is 6. The molecule has 1 N–H and O–H groups in total. The molecule has 0 saturated carbocycles. The summed E-state index contributed by atoms with van der Waals surface area (Å²) in [5.74, 6) is 1.53. The lowest BCUT2D eigenvalue weighted by Gasteiger charge is -2.30. The summed E-state index contributed by atoms with van der Waals surface area (Å²) in [5, 5.41) is 12.7. The van der Waals surface area contributed by atoms with Crippen LogP contribution in [0.2, 0.25) is 0 Å². The van der Waals surface area contributed by atoms with Crippen molar-refractivity contribution in [2.24, 2.45) is 0 Å². The highest BCUT2D eigenvalue weighted by molar-refractivity contribution is 4.87. The van der Waals surface area contributed by atoms with Crippen molar-refractivity contribution >= 4 is 0 Å². The van der Waals surface area contributed by atoms with E-state index < -0.39 is 0 Å². The lowest BCUT2D eigenvalue weighted by molar-refractivity contribution is -0.000876. The van der Waals surface area contributed by atoms with Gasteiger partial charge in [0.15, 0.2) is 5.82 Å². The lowest BCUT2D eigenvalue weighted by Crippen LogP contribution is -2.36. The van der Waals surface area contributed by atoms with Crippen LogP contribution in [-0.4, -0.2) is 52.6 Å². The van der Waals surface area contributed by atoms with Crippen LogP contribution in [0.25, 0.3) is 0 Å². The minimum atomic E-state index is 0.204. The van der Waals surface area contributed by atoms with Crippen LogP contribution in [0.1, 0.15) is 44.3 Å². The van der Waals surface area contributed by atoms with Crippen molar-refractivity contribution in [3.05, 3.63) is 11.7 Å². The van der Waals surface area contributed by atoms with Crippen LogP contribution < -0.4 is 0 Å². The molecule has 20 heavy (non-hydrogen) atoms. The summed E-state index contributed by atoms with van der Waals surface area (Å²) in [6, 6.07) is 0. The van der Waals surface area contributed by atoms with E-state index in [9.17, 15) is 0 Å². The molecule has 1 aliphatic heterocycles. The highest BCUT2D eigenvalue weighted by atomic mass is 16.5. The first-order valence-corrected chi connectivity index (χ1v) is 7.58. The van der Waals surface area contributed by atoms with Crippen LogP contribution >= 0.6 is 0 Å². The summed E-state index contributed by atoms with van der Waals surface area (Å²) in [7, 11) is 0. The second-order valence-corrected chi connectivity index (χ2v) is 5.28. The maximum absolute atomic E-state index is 8.73. The Morgan fingerprint density at radius 3 is 2.90 bits per heavy atom. The molecule has 0 aliphatic carbocycles. The summed E-state index contributed by atoms with van der Waals surface area (Å²) in [4.78, 5) is 6.72. The molecule has 1 aliphatic rings. The Kier molecular flexibility index (Phi) is 6.42. The van der Waals surface area contributed by atoms with Crippen molar-refractivity contribution in [1.82, 2.24) is 15.0 Å². The van der Waals surface area contributed by atoms with Gasteiger partial charge in [0, 0.05) is 32.7 Å². The molecule has 2 heterocycles. The van der Waals surface area contributed by atoms with Crippen molar-refractivity contribution in [2.45, 2.75) is 51.7 Å². The predicted molar refractivity (Wildman–Crippen MR) is 74.2 cm³/mol. The minimum absolute atomic E-state index is 0.204. The molecule has 6 heteroatoms.